The largest absolute Gasteiger partial charge is 0.383 e. The van der Waals surface area contributed by atoms with Gasteiger partial charge in [-0.15, -0.1) is 0 Å². The van der Waals surface area contributed by atoms with Crippen molar-refractivity contribution in [3.05, 3.63) is 18.0 Å². The van der Waals surface area contributed by atoms with E-state index in [1.165, 1.54) is 16.8 Å². The first-order chi connectivity index (χ1) is 9.18. The lowest BCUT2D eigenvalue weighted by molar-refractivity contribution is 0.0625. The Hall–Kier alpha value is -1.38. The number of hydrogen-bond donors (Lipinski definition) is 1. The predicted molar refractivity (Wildman–Crippen MR) is 74.8 cm³/mol. The van der Waals surface area contributed by atoms with Gasteiger partial charge in [-0.2, -0.15) is 0 Å². The number of aryl methyl sites for hydroxylation is 1. The molecular formula is C12H21N3O4S. The Morgan fingerprint density at radius 3 is 2.50 bits per heavy atom. The Morgan fingerprint density at radius 1 is 1.50 bits per heavy atom. The standard InChI is InChI=1S/C12H21N3O4S/c1-9(2)15(5-6-19-4)12(16)11-7-10(8-14(11)3)20(13,17)18/h7-9H,5-6H2,1-4H3,(H2,13,17,18). The van der Waals surface area contributed by atoms with Crippen LogP contribution in [-0.2, 0) is 21.8 Å². The van der Waals surface area contributed by atoms with Gasteiger partial charge in [0.2, 0.25) is 10.0 Å². The number of amides is 1. The molecule has 114 valence electrons. The number of nitrogens with two attached hydrogens (primary N) is 1. The van der Waals surface area contributed by atoms with Crippen LogP contribution in [0.25, 0.3) is 0 Å². The van der Waals surface area contributed by atoms with Crippen molar-refractivity contribution in [2.24, 2.45) is 12.2 Å². The second-order valence-corrected chi connectivity index (χ2v) is 6.36. The van der Waals surface area contributed by atoms with Gasteiger partial charge in [0.05, 0.1) is 6.61 Å². The minimum absolute atomic E-state index is 0.0227. The maximum atomic E-state index is 12.5. The molecule has 1 aromatic rings. The van der Waals surface area contributed by atoms with E-state index in [4.69, 9.17) is 9.88 Å². The first-order valence-electron chi connectivity index (χ1n) is 6.17. The van der Waals surface area contributed by atoms with E-state index in [9.17, 15) is 13.2 Å². The summed E-state index contributed by atoms with van der Waals surface area (Å²) in [7, 11) is -0.649. The number of methoxy groups -OCH3 is 1. The molecule has 1 amide bonds. The Balaban J connectivity index is 3.09. The van der Waals surface area contributed by atoms with Crippen LogP contribution in [0.15, 0.2) is 17.2 Å². The zero-order chi connectivity index (χ0) is 15.5. The van der Waals surface area contributed by atoms with E-state index < -0.39 is 10.0 Å². The van der Waals surface area contributed by atoms with Crippen molar-refractivity contribution in [1.82, 2.24) is 9.47 Å². The normalized spacial score (nSPS) is 11.9. The summed E-state index contributed by atoms with van der Waals surface area (Å²) in [6.45, 7) is 4.62. The van der Waals surface area contributed by atoms with Gasteiger partial charge in [-0.3, -0.25) is 4.79 Å². The minimum atomic E-state index is -3.82. The van der Waals surface area contributed by atoms with Gasteiger partial charge in [0.25, 0.3) is 5.91 Å². The number of aromatic nitrogens is 1. The van der Waals surface area contributed by atoms with Crippen molar-refractivity contribution in [2.45, 2.75) is 24.8 Å². The van der Waals surface area contributed by atoms with Crippen LogP contribution < -0.4 is 5.14 Å². The summed E-state index contributed by atoms with van der Waals surface area (Å²) in [5.74, 6) is -0.255. The molecular weight excluding hydrogens is 282 g/mol. The molecule has 1 rings (SSSR count). The lowest BCUT2D eigenvalue weighted by Crippen LogP contribution is -2.40. The van der Waals surface area contributed by atoms with E-state index in [1.807, 2.05) is 13.8 Å². The molecule has 0 aliphatic rings. The van der Waals surface area contributed by atoms with Gasteiger partial charge in [0, 0.05) is 32.9 Å². The summed E-state index contributed by atoms with van der Waals surface area (Å²) >= 11 is 0. The van der Waals surface area contributed by atoms with Crippen molar-refractivity contribution in [3.63, 3.8) is 0 Å². The Kier molecular flexibility index (Phi) is 5.32. The first-order valence-corrected chi connectivity index (χ1v) is 7.72. The predicted octanol–water partition coefficient (Wildman–Crippen LogP) is 0.170. The summed E-state index contributed by atoms with van der Waals surface area (Å²) in [5, 5.41) is 5.07. The molecule has 7 nitrogen and oxygen atoms in total. The monoisotopic (exact) mass is 303 g/mol. The molecule has 0 fully saturated rings. The lowest BCUT2D eigenvalue weighted by atomic mass is 10.2. The van der Waals surface area contributed by atoms with Gasteiger partial charge in [-0.25, -0.2) is 13.6 Å². The van der Waals surface area contributed by atoms with Crippen molar-refractivity contribution >= 4 is 15.9 Å². The third kappa shape index (κ3) is 3.81. The lowest BCUT2D eigenvalue weighted by Gasteiger charge is -2.26. The number of carbonyl (C=O) groups is 1. The highest BCUT2D eigenvalue weighted by Crippen LogP contribution is 2.15. The number of ether oxygens (including phenoxy) is 1. The van der Waals surface area contributed by atoms with Gasteiger partial charge >= 0.3 is 0 Å². The van der Waals surface area contributed by atoms with Crippen molar-refractivity contribution in [1.29, 1.82) is 0 Å². The van der Waals surface area contributed by atoms with Crippen molar-refractivity contribution in [2.75, 3.05) is 20.3 Å². The van der Waals surface area contributed by atoms with Crippen LogP contribution in [0.3, 0.4) is 0 Å². The van der Waals surface area contributed by atoms with Gasteiger partial charge in [-0.05, 0) is 19.9 Å². The molecule has 0 unspecified atom stereocenters. The SMILES string of the molecule is COCCN(C(=O)c1cc(S(N)(=O)=O)cn1C)C(C)C. The molecule has 1 aromatic heterocycles. The molecule has 20 heavy (non-hydrogen) atoms. The molecule has 0 radical (unpaired) electrons. The van der Waals surface area contributed by atoms with Crippen LogP contribution in [0, 0.1) is 0 Å². The molecule has 0 aromatic carbocycles. The fourth-order valence-electron chi connectivity index (χ4n) is 1.83. The molecule has 0 aliphatic carbocycles. The Bertz CT molecular complexity index is 578. The van der Waals surface area contributed by atoms with Gasteiger partial charge < -0.3 is 14.2 Å². The van der Waals surface area contributed by atoms with Crippen LogP contribution in [-0.4, -0.2) is 50.1 Å². The van der Waals surface area contributed by atoms with E-state index >= 15 is 0 Å². The first kappa shape index (κ1) is 16.7. The third-order valence-electron chi connectivity index (χ3n) is 2.95. The van der Waals surface area contributed by atoms with Crippen LogP contribution in [0.1, 0.15) is 24.3 Å². The second-order valence-electron chi connectivity index (χ2n) is 4.80. The molecule has 0 saturated carbocycles. The number of sulfonamides is 1. The van der Waals surface area contributed by atoms with Crippen molar-refractivity contribution < 1.29 is 17.9 Å². The number of nitrogens with zero attached hydrogens (tertiary/aromatic N) is 2. The fraction of sp³-hybridized carbons (Fsp3) is 0.583. The highest BCUT2D eigenvalue weighted by molar-refractivity contribution is 7.89. The average Bonchev–Trinajstić information content (AvgIpc) is 2.71. The maximum absolute atomic E-state index is 12.5. The summed E-state index contributed by atoms with van der Waals surface area (Å²) in [5.41, 5.74) is 0.277. The number of carbonyl (C=O) groups excluding carboxylic acids is 1. The fourth-order valence-corrected chi connectivity index (χ4v) is 2.41. The van der Waals surface area contributed by atoms with E-state index in [0.29, 0.717) is 13.2 Å². The zero-order valence-electron chi connectivity index (χ0n) is 12.2. The van der Waals surface area contributed by atoms with E-state index in [1.54, 1.807) is 19.1 Å². The molecule has 0 spiro atoms. The smallest absolute Gasteiger partial charge is 0.270 e. The topological polar surface area (TPSA) is 94.6 Å². The van der Waals surface area contributed by atoms with Crippen LogP contribution in [0.4, 0.5) is 0 Å². The Labute approximate surface area is 119 Å². The number of hydrogen-bond acceptors (Lipinski definition) is 4. The maximum Gasteiger partial charge on any atom is 0.270 e. The van der Waals surface area contributed by atoms with Gasteiger partial charge in [0.15, 0.2) is 0 Å². The van der Waals surface area contributed by atoms with E-state index in [0.717, 1.165) is 0 Å². The Morgan fingerprint density at radius 2 is 2.10 bits per heavy atom. The van der Waals surface area contributed by atoms with Crippen LogP contribution in [0.2, 0.25) is 0 Å². The molecule has 0 bridgehead atoms. The molecule has 1 heterocycles. The van der Waals surface area contributed by atoms with Gasteiger partial charge in [-0.1, -0.05) is 0 Å². The van der Waals surface area contributed by atoms with Gasteiger partial charge in [0.1, 0.15) is 10.6 Å². The highest BCUT2D eigenvalue weighted by atomic mass is 32.2. The summed E-state index contributed by atoms with van der Waals surface area (Å²) in [4.78, 5) is 14.0. The van der Waals surface area contributed by atoms with Crippen LogP contribution in [0.5, 0.6) is 0 Å². The molecule has 2 N–H and O–H groups in total. The molecule has 8 heteroatoms. The zero-order valence-corrected chi connectivity index (χ0v) is 13.0. The van der Waals surface area contributed by atoms with E-state index in [2.05, 4.69) is 0 Å². The second kappa shape index (κ2) is 6.38. The molecule has 0 aliphatic heterocycles. The quantitative estimate of drug-likeness (QED) is 0.810. The van der Waals surface area contributed by atoms with Crippen molar-refractivity contribution in [3.8, 4) is 0 Å². The number of primary sulfonamides is 1. The third-order valence-corrected chi connectivity index (χ3v) is 3.83. The minimum Gasteiger partial charge on any atom is -0.383 e. The molecule has 0 saturated heterocycles. The molecule has 0 atom stereocenters. The van der Waals surface area contributed by atoms with Crippen LogP contribution >= 0.6 is 0 Å². The van der Waals surface area contributed by atoms with E-state index in [-0.39, 0.29) is 22.5 Å². The summed E-state index contributed by atoms with van der Waals surface area (Å²) < 4.78 is 29.1. The summed E-state index contributed by atoms with van der Waals surface area (Å²) in [6, 6.07) is 1.27. The summed E-state index contributed by atoms with van der Waals surface area (Å²) in [6.07, 6.45) is 1.33. The number of rotatable bonds is 6. The highest BCUT2D eigenvalue weighted by Gasteiger charge is 2.23. The average molecular weight is 303 g/mol.